The van der Waals surface area contributed by atoms with Crippen molar-refractivity contribution in [2.45, 2.75) is 46.2 Å². The minimum absolute atomic E-state index is 0.558. The molecule has 0 amide bonds. The first-order chi connectivity index (χ1) is 10.5. The van der Waals surface area contributed by atoms with Gasteiger partial charge in [-0.2, -0.15) is 5.10 Å². The van der Waals surface area contributed by atoms with Crippen molar-refractivity contribution in [3.05, 3.63) is 46.8 Å². The number of aryl methyl sites for hydroxylation is 2. The lowest BCUT2D eigenvalue weighted by Crippen LogP contribution is -2.30. The molecule has 2 aromatic rings. The lowest BCUT2D eigenvalue weighted by atomic mass is 10.1. The molecule has 1 heterocycles. The van der Waals surface area contributed by atoms with Gasteiger partial charge in [0.05, 0.1) is 23.6 Å². The predicted molar refractivity (Wildman–Crippen MR) is 94.4 cm³/mol. The minimum Gasteiger partial charge on any atom is -0.360 e. The van der Waals surface area contributed by atoms with Crippen LogP contribution in [0.1, 0.15) is 35.4 Å². The summed E-state index contributed by atoms with van der Waals surface area (Å²) in [5.74, 6) is 0. The molecule has 116 valence electrons. The first-order valence-corrected chi connectivity index (χ1v) is 8.11. The Morgan fingerprint density at radius 1 is 1.27 bits per heavy atom. The SMILES string of the molecule is Cc1ccccc1Cn1nc(C)c(NC(=S)NC2CC2)c1C. The summed E-state index contributed by atoms with van der Waals surface area (Å²) in [6.07, 6.45) is 2.43. The Morgan fingerprint density at radius 3 is 2.68 bits per heavy atom. The minimum atomic E-state index is 0.558. The number of nitrogens with zero attached hydrogens (tertiary/aromatic N) is 2. The van der Waals surface area contributed by atoms with Crippen LogP contribution in [-0.4, -0.2) is 20.9 Å². The molecule has 3 rings (SSSR count). The van der Waals surface area contributed by atoms with Crippen molar-refractivity contribution >= 4 is 23.0 Å². The Hall–Kier alpha value is -1.88. The van der Waals surface area contributed by atoms with Crippen LogP contribution in [0.5, 0.6) is 0 Å². The van der Waals surface area contributed by atoms with Gasteiger partial charge in [0.2, 0.25) is 0 Å². The number of hydrogen-bond acceptors (Lipinski definition) is 2. The largest absolute Gasteiger partial charge is 0.360 e. The first kappa shape index (κ1) is 15.0. The molecule has 1 aromatic heterocycles. The van der Waals surface area contributed by atoms with Crippen LogP contribution in [0, 0.1) is 20.8 Å². The number of anilines is 1. The maximum absolute atomic E-state index is 5.37. The first-order valence-electron chi connectivity index (χ1n) is 7.70. The average molecular weight is 314 g/mol. The molecule has 22 heavy (non-hydrogen) atoms. The van der Waals surface area contributed by atoms with E-state index >= 15 is 0 Å². The van der Waals surface area contributed by atoms with E-state index in [-0.39, 0.29) is 0 Å². The summed E-state index contributed by atoms with van der Waals surface area (Å²) in [5, 5.41) is 12.0. The third kappa shape index (κ3) is 3.30. The van der Waals surface area contributed by atoms with Gasteiger partial charge < -0.3 is 10.6 Å². The van der Waals surface area contributed by atoms with Crippen molar-refractivity contribution < 1.29 is 0 Å². The highest BCUT2D eigenvalue weighted by Gasteiger charge is 2.22. The van der Waals surface area contributed by atoms with E-state index in [1.807, 2.05) is 11.6 Å². The van der Waals surface area contributed by atoms with Crippen molar-refractivity contribution in [1.82, 2.24) is 15.1 Å². The second kappa shape index (κ2) is 6.08. The van der Waals surface area contributed by atoms with Gasteiger partial charge in [0.1, 0.15) is 0 Å². The Morgan fingerprint density at radius 2 is 2.00 bits per heavy atom. The monoisotopic (exact) mass is 314 g/mol. The molecule has 0 spiro atoms. The summed E-state index contributed by atoms with van der Waals surface area (Å²) >= 11 is 5.37. The van der Waals surface area contributed by atoms with Gasteiger partial charge in [-0.3, -0.25) is 4.68 Å². The highest BCUT2D eigenvalue weighted by Crippen LogP contribution is 2.22. The Labute approximate surface area is 136 Å². The Balaban J connectivity index is 1.77. The molecule has 0 radical (unpaired) electrons. The predicted octanol–water partition coefficient (Wildman–Crippen LogP) is 3.31. The zero-order chi connectivity index (χ0) is 15.7. The van der Waals surface area contributed by atoms with Crippen LogP contribution < -0.4 is 10.6 Å². The van der Waals surface area contributed by atoms with E-state index in [0.717, 1.165) is 23.6 Å². The highest BCUT2D eigenvalue weighted by molar-refractivity contribution is 7.80. The molecule has 0 atom stereocenters. The van der Waals surface area contributed by atoms with E-state index in [4.69, 9.17) is 12.2 Å². The third-order valence-corrected chi connectivity index (χ3v) is 4.33. The number of aromatic nitrogens is 2. The van der Waals surface area contributed by atoms with Crippen molar-refractivity contribution in [3.8, 4) is 0 Å². The molecule has 1 aromatic carbocycles. The number of hydrogen-bond donors (Lipinski definition) is 2. The van der Waals surface area contributed by atoms with E-state index in [1.165, 1.54) is 24.0 Å². The molecule has 0 unspecified atom stereocenters. The summed E-state index contributed by atoms with van der Waals surface area (Å²) < 4.78 is 2.04. The summed E-state index contributed by atoms with van der Waals surface area (Å²) in [4.78, 5) is 0. The van der Waals surface area contributed by atoms with Gasteiger partial charge in [-0.25, -0.2) is 0 Å². The van der Waals surface area contributed by atoms with Gasteiger partial charge in [0.15, 0.2) is 5.11 Å². The van der Waals surface area contributed by atoms with Crippen molar-refractivity contribution in [3.63, 3.8) is 0 Å². The number of benzene rings is 1. The van der Waals surface area contributed by atoms with Crippen molar-refractivity contribution in [1.29, 1.82) is 0 Å². The zero-order valence-corrected chi connectivity index (χ0v) is 14.1. The number of thiocarbonyl (C=S) groups is 1. The van der Waals surface area contributed by atoms with Crippen LogP contribution in [0.15, 0.2) is 24.3 Å². The Bertz CT molecular complexity index is 701. The summed E-state index contributed by atoms with van der Waals surface area (Å²) in [7, 11) is 0. The van der Waals surface area contributed by atoms with Crippen LogP contribution in [-0.2, 0) is 6.54 Å². The molecule has 4 nitrogen and oxygen atoms in total. The molecule has 1 fully saturated rings. The van der Waals surface area contributed by atoms with E-state index in [0.29, 0.717) is 11.2 Å². The maximum atomic E-state index is 5.37. The fraction of sp³-hybridized carbons (Fsp3) is 0.412. The van der Waals surface area contributed by atoms with Crippen LogP contribution >= 0.6 is 12.2 Å². The Kier molecular flexibility index (Phi) is 4.16. The van der Waals surface area contributed by atoms with Crippen molar-refractivity contribution in [2.24, 2.45) is 0 Å². The standard InChI is InChI=1S/C17H22N4S/c1-11-6-4-5-7-14(11)10-21-13(3)16(12(2)20-21)19-17(22)18-15-8-9-15/h4-7,15H,8-10H2,1-3H3,(H2,18,19,22). The smallest absolute Gasteiger partial charge is 0.171 e. The molecule has 0 aliphatic heterocycles. The average Bonchev–Trinajstić information content (AvgIpc) is 3.25. The van der Waals surface area contributed by atoms with Crippen LogP contribution in [0.3, 0.4) is 0 Å². The topological polar surface area (TPSA) is 41.9 Å². The fourth-order valence-electron chi connectivity index (χ4n) is 2.54. The van der Waals surface area contributed by atoms with E-state index in [1.54, 1.807) is 0 Å². The zero-order valence-electron chi connectivity index (χ0n) is 13.3. The second-order valence-corrected chi connectivity index (χ2v) is 6.41. The van der Waals surface area contributed by atoms with Gasteiger partial charge in [0.25, 0.3) is 0 Å². The van der Waals surface area contributed by atoms with Gasteiger partial charge in [-0.1, -0.05) is 24.3 Å². The van der Waals surface area contributed by atoms with E-state index < -0.39 is 0 Å². The molecule has 1 aliphatic carbocycles. The quantitative estimate of drug-likeness (QED) is 0.850. The van der Waals surface area contributed by atoms with E-state index in [9.17, 15) is 0 Å². The van der Waals surface area contributed by atoms with Gasteiger partial charge in [-0.15, -0.1) is 0 Å². The van der Waals surface area contributed by atoms with Gasteiger partial charge >= 0.3 is 0 Å². The highest BCUT2D eigenvalue weighted by atomic mass is 32.1. The number of rotatable bonds is 4. The summed E-state index contributed by atoms with van der Waals surface area (Å²) in [5.41, 5.74) is 5.69. The number of nitrogens with one attached hydrogen (secondary N) is 2. The fourth-order valence-corrected chi connectivity index (χ4v) is 2.81. The molecule has 0 bridgehead atoms. The lowest BCUT2D eigenvalue weighted by molar-refractivity contribution is 0.657. The van der Waals surface area contributed by atoms with Crippen molar-refractivity contribution in [2.75, 3.05) is 5.32 Å². The molecular weight excluding hydrogens is 292 g/mol. The van der Waals surface area contributed by atoms with Crippen LogP contribution in [0.25, 0.3) is 0 Å². The van der Waals surface area contributed by atoms with Gasteiger partial charge in [-0.05, 0) is 57.0 Å². The second-order valence-electron chi connectivity index (χ2n) is 6.00. The summed E-state index contributed by atoms with van der Waals surface area (Å²) in [6.45, 7) is 7.02. The maximum Gasteiger partial charge on any atom is 0.171 e. The molecule has 1 saturated carbocycles. The third-order valence-electron chi connectivity index (χ3n) is 4.11. The van der Waals surface area contributed by atoms with Crippen LogP contribution in [0.2, 0.25) is 0 Å². The molecule has 1 aliphatic rings. The van der Waals surface area contributed by atoms with E-state index in [2.05, 4.69) is 53.8 Å². The van der Waals surface area contributed by atoms with Gasteiger partial charge in [0, 0.05) is 6.04 Å². The molecule has 5 heteroatoms. The molecule has 0 saturated heterocycles. The normalized spacial score (nSPS) is 14.0. The molecule has 2 N–H and O–H groups in total. The van der Waals surface area contributed by atoms with Crippen LogP contribution in [0.4, 0.5) is 5.69 Å². The summed E-state index contributed by atoms with van der Waals surface area (Å²) in [6, 6.07) is 8.98. The lowest BCUT2D eigenvalue weighted by Gasteiger charge is -2.11. The molecular formula is C17H22N4S.